The van der Waals surface area contributed by atoms with E-state index in [0.29, 0.717) is 6.61 Å². The van der Waals surface area contributed by atoms with Crippen molar-refractivity contribution in [3.05, 3.63) is 77.9 Å². The summed E-state index contributed by atoms with van der Waals surface area (Å²) < 4.78 is 5.52. The lowest BCUT2D eigenvalue weighted by atomic mass is 9.88. The van der Waals surface area contributed by atoms with E-state index in [1.807, 2.05) is 48.5 Å². The molecule has 4 heteroatoms. The summed E-state index contributed by atoms with van der Waals surface area (Å²) in [6.07, 6.45) is 1.97. The molecule has 1 fully saturated rings. The van der Waals surface area contributed by atoms with Crippen LogP contribution in [0.3, 0.4) is 0 Å². The molecule has 1 heterocycles. The molecule has 4 nitrogen and oxygen atoms in total. The Balaban J connectivity index is 1.46. The standard InChI is InChI=1S/C25H27NO3/c27-14-15-29-22-10-3-6-19(16-22)17-26-13-5-9-21(18-26)25(28)24-12-4-8-20-7-1-2-11-23(20)24/h1-4,6-8,10-12,16,21,27H,5,9,13-15,17-18H2/t21-/m1/s1. The number of likely N-dealkylation sites (tertiary alicyclic amines) is 1. The van der Waals surface area contributed by atoms with Gasteiger partial charge in [0.15, 0.2) is 5.78 Å². The van der Waals surface area contributed by atoms with Crippen molar-refractivity contribution in [2.45, 2.75) is 19.4 Å². The highest BCUT2D eigenvalue weighted by Gasteiger charge is 2.27. The first kappa shape index (κ1) is 19.6. The normalized spacial score (nSPS) is 17.3. The largest absolute Gasteiger partial charge is 0.491 e. The highest BCUT2D eigenvalue weighted by molar-refractivity contribution is 6.09. The first-order valence-corrected chi connectivity index (χ1v) is 10.3. The molecule has 0 saturated carbocycles. The number of ether oxygens (including phenoxy) is 1. The van der Waals surface area contributed by atoms with E-state index in [-0.39, 0.29) is 18.3 Å². The number of Topliss-reactive ketones (excluding diaryl/α,β-unsaturated/α-hetero) is 1. The van der Waals surface area contributed by atoms with Gasteiger partial charge in [0.05, 0.1) is 6.61 Å². The van der Waals surface area contributed by atoms with Crippen LogP contribution >= 0.6 is 0 Å². The summed E-state index contributed by atoms with van der Waals surface area (Å²) in [5.74, 6) is 1.06. The first-order chi connectivity index (χ1) is 14.2. The van der Waals surface area contributed by atoms with Gasteiger partial charge in [0, 0.05) is 24.6 Å². The Bertz CT molecular complexity index is 979. The van der Waals surface area contributed by atoms with Crippen LogP contribution in [0.5, 0.6) is 5.75 Å². The molecule has 150 valence electrons. The zero-order valence-corrected chi connectivity index (χ0v) is 16.6. The van der Waals surface area contributed by atoms with E-state index in [4.69, 9.17) is 9.84 Å². The predicted molar refractivity (Wildman–Crippen MR) is 115 cm³/mol. The van der Waals surface area contributed by atoms with Crippen molar-refractivity contribution in [2.75, 3.05) is 26.3 Å². The van der Waals surface area contributed by atoms with E-state index in [0.717, 1.165) is 54.6 Å². The Morgan fingerprint density at radius 1 is 1.07 bits per heavy atom. The maximum Gasteiger partial charge on any atom is 0.167 e. The summed E-state index contributed by atoms with van der Waals surface area (Å²) in [7, 11) is 0. The van der Waals surface area contributed by atoms with Gasteiger partial charge in [0.25, 0.3) is 0 Å². The Morgan fingerprint density at radius 3 is 2.79 bits per heavy atom. The minimum Gasteiger partial charge on any atom is -0.491 e. The molecule has 1 atom stereocenters. The van der Waals surface area contributed by atoms with Crippen LogP contribution in [0.25, 0.3) is 10.8 Å². The van der Waals surface area contributed by atoms with Gasteiger partial charge in [0.1, 0.15) is 12.4 Å². The number of carbonyl (C=O) groups is 1. The average molecular weight is 389 g/mol. The van der Waals surface area contributed by atoms with Crippen LogP contribution in [0.4, 0.5) is 0 Å². The van der Waals surface area contributed by atoms with Crippen molar-refractivity contribution < 1.29 is 14.6 Å². The van der Waals surface area contributed by atoms with Gasteiger partial charge >= 0.3 is 0 Å². The summed E-state index contributed by atoms with van der Waals surface area (Å²) in [5, 5.41) is 11.1. The molecular formula is C25H27NO3. The fourth-order valence-corrected chi connectivity index (χ4v) is 4.23. The van der Waals surface area contributed by atoms with Crippen LogP contribution in [0.2, 0.25) is 0 Å². The van der Waals surface area contributed by atoms with E-state index in [1.54, 1.807) is 0 Å². The topological polar surface area (TPSA) is 49.8 Å². The Morgan fingerprint density at radius 2 is 1.90 bits per heavy atom. The van der Waals surface area contributed by atoms with Gasteiger partial charge in [0.2, 0.25) is 0 Å². The number of hydrogen-bond donors (Lipinski definition) is 1. The van der Waals surface area contributed by atoms with Gasteiger partial charge in [-0.05, 0) is 47.9 Å². The Labute approximate surface area is 171 Å². The van der Waals surface area contributed by atoms with Crippen molar-refractivity contribution >= 4 is 16.6 Å². The first-order valence-electron chi connectivity index (χ1n) is 10.3. The number of benzene rings is 3. The molecule has 0 aliphatic carbocycles. The molecule has 0 radical (unpaired) electrons. The second-order valence-corrected chi connectivity index (χ2v) is 7.68. The molecule has 0 amide bonds. The molecule has 1 aliphatic rings. The number of aliphatic hydroxyl groups excluding tert-OH is 1. The average Bonchev–Trinajstić information content (AvgIpc) is 2.77. The number of rotatable bonds is 7. The van der Waals surface area contributed by atoms with Gasteiger partial charge in [-0.2, -0.15) is 0 Å². The van der Waals surface area contributed by atoms with E-state index in [9.17, 15) is 4.79 Å². The van der Waals surface area contributed by atoms with Crippen LogP contribution < -0.4 is 4.74 Å². The summed E-state index contributed by atoms with van der Waals surface area (Å²) in [6.45, 7) is 2.89. The van der Waals surface area contributed by atoms with Crippen LogP contribution in [-0.4, -0.2) is 42.1 Å². The number of aliphatic hydroxyl groups is 1. The quantitative estimate of drug-likeness (QED) is 0.612. The van der Waals surface area contributed by atoms with Crippen LogP contribution in [0.1, 0.15) is 28.8 Å². The van der Waals surface area contributed by atoms with Crippen molar-refractivity contribution in [1.29, 1.82) is 0 Å². The highest BCUT2D eigenvalue weighted by atomic mass is 16.5. The lowest BCUT2D eigenvalue weighted by Crippen LogP contribution is -2.38. The van der Waals surface area contributed by atoms with Crippen molar-refractivity contribution in [2.24, 2.45) is 5.92 Å². The molecule has 1 saturated heterocycles. The Kier molecular flexibility index (Phi) is 6.23. The minimum atomic E-state index is 0.00825. The summed E-state index contributed by atoms with van der Waals surface area (Å²) in [5.41, 5.74) is 2.01. The molecule has 0 unspecified atom stereocenters. The fraction of sp³-hybridized carbons (Fsp3) is 0.320. The molecule has 1 aliphatic heterocycles. The van der Waals surface area contributed by atoms with Gasteiger partial charge in [-0.25, -0.2) is 0 Å². The molecule has 29 heavy (non-hydrogen) atoms. The van der Waals surface area contributed by atoms with E-state index in [1.165, 1.54) is 5.56 Å². The number of ketones is 1. The third-order valence-corrected chi connectivity index (χ3v) is 5.60. The molecule has 0 spiro atoms. The van der Waals surface area contributed by atoms with E-state index < -0.39 is 0 Å². The second-order valence-electron chi connectivity index (χ2n) is 7.68. The molecule has 3 aromatic rings. The molecule has 3 aromatic carbocycles. The van der Waals surface area contributed by atoms with Crippen LogP contribution in [0.15, 0.2) is 66.7 Å². The molecular weight excluding hydrogens is 362 g/mol. The van der Waals surface area contributed by atoms with Crippen molar-refractivity contribution in [1.82, 2.24) is 4.90 Å². The second kappa shape index (κ2) is 9.21. The third-order valence-electron chi connectivity index (χ3n) is 5.60. The molecule has 0 aromatic heterocycles. The number of piperidine rings is 1. The van der Waals surface area contributed by atoms with Gasteiger partial charge in [-0.15, -0.1) is 0 Å². The minimum absolute atomic E-state index is 0.00825. The summed E-state index contributed by atoms with van der Waals surface area (Å²) >= 11 is 0. The molecule has 4 rings (SSSR count). The highest BCUT2D eigenvalue weighted by Crippen LogP contribution is 2.27. The third kappa shape index (κ3) is 4.66. The molecule has 1 N–H and O–H groups in total. The number of hydrogen-bond acceptors (Lipinski definition) is 4. The lowest BCUT2D eigenvalue weighted by molar-refractivity contribution is 0.0813. The monoisotopic (exact) mass is 389 g/mol. The van der Waals surface area contributed by atoms with Crippen molar-refractivity contribution in [3.63, 3.8) is 0 Å². The van der Waals surface area contributed by atoms with Crippen LogP contribution in [-0.2, 0) is 6.54 Å². The number of fused-ring (bicyclic) bond motifs is 1. The SMILES string of the molecule is O=C(c1cccc2ccccc12)[C@@H]1CCCN(Cc2cccc(OCCO)c2)C1. The zero-order valence-electron chi connectivity index (χ0n) is 16.6. The van der Waals surface area contributed by atoms with E-state index in [2.05, 4.69) is 23.1 Å². The van der Waals surface area contributed by atoms with Crippen molar-refractivity contribution in [3.8, 4) is 5.75 Å². The number of carbonyl (C=O) groups excluding carboxylic acids is 1. The number of nitrogens with zero attached hydrogens (tertiary/aromatic N) is 1. The lowest BCUT2D eigenvalue weighted by Gasteiger charge is -2.32. The summed E-state index contributed by atoms with van der Waals surface area (Å²) in [4.78, 5) is 15.7. The summed E-state index contributed by atoms with van der Waals surface area (Å²) in [6, 6.07) is 22.1. The smallest absolute Gasteiger partial charge is 0.167 e. The van der Waals surface area contributed by atoms with E-state index >= 15 is 0 Å². The predicted octanol–water partition coefficient (Wildman–Crippen LogP) is 4.31. The zero-order chi connectivity index (χ0) is 20.1. The Hall–Kier alpha value is -2.69. The van der Waals surface area contributed by atoms with Gasteiger partial charge < -0.3 is 9.84 Å². The van der Waals surface area contributed by atoms with Gasteiger partial charge in [-0.1, -0.05) is 54.6 Å². The fourth-order valence-electron chi connectivity index (χ4n) is 4.23. The van der Waals surface area contributed by atoms with Crippen LogP contribution in [0, 0.1) is 5.92 Å². The van der Waals surface area contributed by atoms with Gasteiger partial charge in [-0.3, -0.25) is 9.69 Å². The molecule has 0 bridgehead atoms. The maximum absolute atomic E-state index is 13.3. The maximum atomic E-state index is 13.3.